The van der Waals surface area contributed by atoms with Gasteiger partial charge in [-0.2, -0.15) is 4.98 Å². The predicted octanol–water partition coefficient (Wildman–Crippen LogP) is 1.38. The molecule has 0 spiro atoms. The highest BCUT2D eigenvalue weighted by Crippen LogP contribution is 2.35. The van der Waals surface area contributed by atoms with Crippen molar-refractivity contribution in [2.45, 2.75) is 44.7 Å². The summed E-state index contributed by atoms with van der Waals surface area (Å²) in [6.07, 6.45) is 0. The van der Waals surface area contributed by atoms with Crippen LogP contribution in [0.25, 0.3) is 0 Å². The molecule has 0 bridgehead atoms. The Morgan fingerprint density at radius 1 is 1.31 bits per heavy atom. The molecule has 1 aromatic heterocycles. The zero-order chi connectivity index (χ0) is 19.1. The minimum Gasteiger partial charge on any atom is -0.482 e. The number of carbonyl (C=O) groups is 1. The summed E-state index contributed by atoms with van der Waals surface area (Å²) in [7, 11) is -3.75. The lowest BCUT2D eigenvalue weighted by molar-refractivity contribution is -0.121. The van der Waals surface area contributed by atoms with Gasteiger partial charge in [0.25, 0.3) is 5.91 Å². The van der Waals surface area contributed by atoms with Gasteiger partial charge in [0.05, 0.1) is 17.1 Å². The van der Waals surface area contributed by atoms with Crippen molar-refractivity contribution in [2.24, 2.45) is 0 Å². The highest BCUT2D eigenvalue weighted by Gasteiger charge is 2.30. The number of aromatic nitrogens is 2. The number of benzene rings is 1. The second kappa shape index (κ2) is 6.36. The lowest BCUT2D eigenvalue weighted by Crippen LogP contribution is -2.41. The maximum absolute atomic E-state index is 12.6. The number of aryl methyl sites for hydroxylation is 1. The number of carbonyl (C=O) groups excluding carboxylic acids is 1. The molecule has 0 saturated carbocycles. The van der Waals surface area contributed by atoms with Crippen LogP contribution in [0.15, 0.2) is 27.6 Å². The van der Waals surface area contributed by atoms with Gasteiger partial charge in [-0.1, -0.05) is 5.16 Å². The van der Waals surface area contributed by atoms with E-state index in [0.717, 1.165) is 0 Å². The molecule has 0 aliphatic carbocycles. The molecule has 1 aromatic carbocycles. The van der Waals surface area contributed by atoms with Gasteiger partial charge < -0.3 is 9.26 Å². The molecular formula is C16H20N4O5S. The summed E-state index contributed by atoms with van der Waals surface area (Å²) in [6.45, 7) is 6.81. The van der Waals surface area contributed by atoms with Gasteiger partial charge in [0.2, 0.25) is 15.9 Å². The monoisotopic (exact) mass is 380 g/mol. The summed E-state index contributed by atoms with van der Waals surface area (Å²) in [5, 5.41) is 3.79. The summed E-state index contributed by atoms with van der Waals surface area (Å²) in [4.78, 5) is 17.8. The Labute approximate surface area is 151 Å². The van der Waals surface area contributed by atoms with Crippen LogP contribution in [-0.2, 0) is 21.4 Å². The van der Waals surface area contributed by atoms with Crippen LogP contribution in [0.3, 0.4) is 0 Å². The number of anilines is 1. The number of nitrogens with one attached hydrogen (secondary N) is 1. The first-order valence-corrected chi connectivity index (χ1v) is 9.44. The smallest absolute Gasteiger partial charge is 0.265 e. The predicted molar refractivity (Wildman–Crippen MR) is 92.2 cm³/mol. The van der Waals surface area contributed by atoms with E-state index in [1.807, 2.05) is 0 Å². The third-order valence-corrected chi connectivity index (χ3v) is 5.25. The fourth-order valence-corrected chi connectivity index (χ4v) is 3.97. The average Bonchev–Trinajstić information content (AvgIpc) is 2.92. The Balaban J connectivity index is 1.99. The first kappa shape index (κ1) is 18.3. The SMILES string of the molecule is Cc1nc(CN2C(=O)COc3ccc(S(=O)(=O)NC(C)(C)C)cc32)no1. The minimum atomic E-state index is -3.75. The molecule has 0 fully saturated rings. The number of fused-ring (bicyclic) bond motifs is 1. The molecule has 1 amide bonds. The molecule has 9 nitrogen and oxygen atoms in total. The Bertz CT molecular complexity index is 946. The summed E-state index contributed by atoms with van der Waals surface area (Å²) in [5.74, 6) is 0.800. The second-order valence-electron chi connectivity index (χ2n) is 6.98. The van der Waals surface area contributed by atoms with Crippen LogP contribution < -0.4 is 14.4 Å². The molecule has 1 aliphatic rings. The lowest BCUT2D eigenvalue weighted by Gasteiger charge is -2.29. The highest BCUT2D eigenvalue weighted by molar-refractivity contribution is 7.89. The molecule has 140 valence electrons. The fraction of sp³-hybridized carbons (Fsp3) is 0.438. The molecule has 0 saturated heterocycles. The van der Waals surface area contributed by atoms with Crippen LogP contribution in [0.1, 0.15) is 32.5 Å². The van der Waals surface area contributed by atoms with Crippen molar-refractivity contribution in [3.63, 3.8) is 0 Å². The second-order valence-corrected chi connectivity index (χ2v) is 8.67. The van der Waals surface area contributed by atoms with Gasteiger partial charge in [0, 0.05) is 12.5 Å². The fourth-order valence-electron chi connectivity index (χ4n) is 2.53. The Morgan fingerprint density at radius 3 is 2.65 bits per heavy atom. The van der Waals surface area contributed by atoms with Crippen LogP contribution in [0.5, 0.6) is 5.75 Å². The van der Waals surface area contributed by atoms with Crippen molar-refractivity contribution in [3.8, 4) is 5.75 Å². The number of hydrogen-bond acceptors (Lipinski definition) is 7. The van der Waals surface area contributed by atoms with E-state index >= 15 is 0 Å². The number of nitrogens with zero attached hydrogens (tertiary/aromatic N) is 3. The molecule has 1 aliphatic heterocycles. The van der Waals surface area contributed by atoms with E-state index in [2.05, 4.69) is 14.9 Å². The van der Waals surface area contributed by atoms with Crippen molar-refractivity contribution in [2.75, 3.05) is 11.5 Å². The van der Waals surface area contributed by atoms with E-state index < -0.39 is 15.6 Å². The standard InChI is InChI=1S/C16H20N4O5S/c1-10-17-14(18-25-10)8-20-12-7-11(26(22,23)19-16(2,3)4)5-6-13(12)24-9-15(20)21/h5-7,19H,8-9H2,1-4H3. The van der Waals surface area contributed by atoms with E-state index in [0.29, 0.717) is 23.2 Å². The third kappa shape index (κ3) is 3.86. The Morgan fingerprint density at radius 2 is 2.04 bits per heavy atom. The van der Waals surface area contributed by atoms with Crippen LogP contribution in [-0.4, -0.2) is 36.6 Å². The summed E-state index contributed by atoms with van der Waals surface area (Å²) in [5.41, 5.74) is -0.288. The van der Waals surface area contributed by atoms with Gasteiger partial charge in [0.15, 0.2) is 12.4 Å². The van der Waals surface area contributed by atoms with Crippen LogP contribution >= 0.6 is 0 Å². The molecule has 10 heteroatoms. The summed E-state index contributed by atoms with van der Waals surface area (Å²) < 4.78 is 38.1. The van der Waals surface area contributed by atoms with E-state index in [1.54, 1.807) is 27.7 Å². The van der Waals surface area contributed by atoms with Gasteiger partial charge in [-0.05, 0) is 39.0 Å². The zero-order valence-corrected chi connectivity index (χ0v) is 15.8. The van der Waals surface area contributed by atoms with E-state index in [1.165, 1.54) is 23.1 Å². The zero-order valence-electron chi connectivity index (χ0n) is 14.9. The average molecular weight is 380 g/mol. The molecule has 2 aromatic rings. The molecule has 26 heavy (non-hydrogen) atoms. The van der Waals surface area contributed by atoms with Gasteiger partial charge in [-0.15, -0.1) is 0 Å². The van der Waals surface area contributed by atoms with Crippen molar-refractivity contribution >= 4 is 21.6 Å². The van der Waals surface area contributed by atoms with Crippen LogP contribution in [0.4, 0.5) is 5.69 Å². The number of hydrogen-bond donors (Lipinski definition) is 1. The number of rotatable bonds is 4. The van der Waals surface area contributed by atoms with Crippen LogP contribution in [0.2, 0.25) is 0 Å². The summed E-state index contributed by atoms with van der Waals surface area (Å²) >= 11 is 0. The quantitative estimate of drug-likeness (QED) is 0.852. The third-order valence-electron chi connectivity index (χ3n) is 3.49. The van der Waals surface area contributed by atoms with Gasteiger partial charge in [-0.25, -0.2) is 13.1 Å². The maximum Gasteiger partial charge on any atom is 0.265 e. The Hall–Kier alpha value is -2.46. The topological polar surface area (TPSA) is 115 Å². The molecule has 0 atom stereocenters. The van der Waals surface area contributed by atoms with Gasteiger partial charge in [0.1, 0.15) is 5.75 Å². The molecular weight excluding hydrogens is 360 g/mol. The number of ether oxygens (including phenoxy) is 1. The molecule has 2 heterocycles. The van der Waals surface area contributed by atoms with Crippen LogP contribution in [0, 0.1) is 6.92 Å². The van der Waals surface area contributed by atoms with E-state index in [9.17, 15) is 13.2 Å². The molecule has 0 unspecified atom stereocenters. The minimum absolute atomic E-state index is 0.0405. The number of amides is 1. The highest BCUT2D eigenvalue weighted by atomic mass is 32.2. The van der Waals surface area contributed by atoms with Crippen molar-refractivity contribution in [1.29, 1.82) is 0 Å². The molecule has 1 N–H and O–H groups in total. The van der Waals surface area contributed by atoms with Crippen molar-refractivity contribution in [3.05, 3.63) is 29.9 Å². The van der Waals surface area contributed by atoms with Gasteiger partial charge >= 0.3 is 0 Å². The van der Waals surface area contributed by atoms with E-state index in [-0.39, 0.29) is 24.0 Å². The maximum atomic E-state index is 12.6. The largest absolute Gasteiger partial charge is 0.482 e. The first-order valence-electron chi connectivity index (χ1n) is 7.95. The molecule has 0 radical (unpaired) electrons. The van der Waals surface area contributed by atoms with Crippen molar-refractivity contribution < 1.29 is 22.5 Å². The Kier molecular flexibility index (Phi) is 4.49. The first-order chi connectivity index (χ1) is 12.0. The van der Waals surface area contributed by atoms with Crippen molar-refractivity contribution in [1.82, 2.24) is 14.9 Å². The van der Waals surface area contributed by atoms with Gasteiger partial charge in [-0.3, -0.25) is 9.69 Å². The molecule has 3 rings (SSSR count). The summed E-state index contributed by atoms with van der Waals surface area (Å²) in [6, 6.07) is 4.39. The van der Waals surface area contributed by atoms with E-state index in [4.69, 9.17) is 9.26 Å². The normalized spacial score (nSPS) is 14.9. The number of sulfonamides is 1. The lowest BCUT2D eigenvalue weighted by atomic mass is 10.1.